The van der Waals surface area contributed by atoms with Crippen molar-refractivity contribution in [2.45, 2.75) is 12.8 Å². The highest BCUT2D eigenvalue weighted by Crippen LogP contribution is 2.27. The second-order valence-corrected chi connectivity index (χ2v) is 3.56. The molecule has 0 aliphatic carbocycles. The molecule has 1 heterocycles. The Kier molecular flexibility index (Phi) is 2.92. The maximum Gasteiger partial charge on any atom is 0.122 e. The van der Waals surface area contributed by atoms with Gasteiger partial charge in [-0.25, -0.2) is 0 Å². The van der Waals surface area contributed by atoms with E-state index in [1.807, 2.05) is 6.07 Å². The van der Waals surface area contributed by atoms with Crippen molar-refractivity contribution in [3.05, 3.63) is 30.2 Å². The molecule has 0 fully saturated rings. The summed E-state index contributed by atoms with van der Waals surface area (Å²) < 4.78 is 10.5. The average Bonchev–Trinajstić information content (AvgIpc) is 2.71. The molecule has 0 spiro atoms. The van der Waals surface area contributed by atoms with E-state index in [9.17, 15) is 0 Å². The fourth-order valence-electron chi connectivity index (χ4n) is 1.72. The first-order valence-electron chi connectivity index (χ1n) is 5.08. The minimum absolute atomic E-state index is 0.701. The number of furan rings is 1. The second-order valence-electron chi connectivity index (χ2n) is 3.56. The number of benzene rings is 1. The Morgan fingerprint density at radius 2 is 2.00 bits per heavy atom. The molecule has 0 saturated carbocycles. The average molecular weight is 205 g/mol. The zero-order valence-electron chi connectivity index (χ0n) is 8.82. The SMILES string of the molecule is COc1cc2cocc2cc1CCCN. The van der Waals surface area contributed by atoms with Gasteiger partial charge in [-0.1, -0.05) is 0 Å². The predicted molar refractivity (Wildman–Crippen MR) is 60.1 cm³/mol. The number of aryl methyl sites for hydroxylation is 1. The maximum atomic E-state index is 5.50. The van der Waals surface area contributed by atoms with E-state index in [1.165, 1.54) is 5.56 Å². The van der Waals surface area contributed by atoms with Gasteiger partial charge in [-0.3, -0.25) is 0 Å². The highest BCUT2D eigenvalue weighted by atomic mass is 16.5. The number of hydrogen-bond donors (Lipinski definition) is 1. The summed E-state index contributed by atoms with van der Waals surface area (Å²) in [6.07, 6.45) is 5.39. The van der Waals surface area contributed by atoms with Crippen LogP contribution in [0.3, 0.4) is 0 Å². The molecule has 1 aromatic heterocycles. The van der Waals surface area contributed by atoms with Crippen molar-refractivity contribution in [1.29, 1.82) is 0 Å². The molecule has 15 heavy (non-hydrogen) atoms. The summed E-state index contributed by atoms with van der Waals surface area (Å²) in [6.45, 7) is 0.701. The second kappa shape index (κ2) is 4.36. The van der Waals surface area contributed by atoms with E-state index in [0.29, 0.717) is 6.54 Å². The van der Waals surface area contributed by atoms with Crippen molar-refractivity contribution in [2.24, 2.45) is 5.73 Å². The van der Waals surface area contributed by atoms with Crippen molar-refractivity contribution >= 4 is 10.8 Å². The van der Waals surface area contributed by atoms with Crippen molar-refractivity contribution < 1.29 is 9.15 Å². The Morgan fingerprint density at radius 3 is 2.67 bits per heavy atom. The third kappa shape index (κ3) is 1.97. The van der Waals surface area contributed by atoms with Crippen LogP contribution in [0, 0.1) is 0 Å². The van der Waals surface area contributed by atoms with Crippen LogP contribution in [0.4, 0.5) is 0 Å². The summed E-state index contributed by atoms with van der Waals surface area (Å²) in [5, 5.41) is 2.19. The first kappa shape index (κ1) is 10.1. The molecule has 0 bridgehead atoms. The van der Waals surface area contributed by atoms with Gasteiger partial charge >= 0.3 is 0 Å². The van der Waals surface area contributed by atoms with Crippen LogP contribution in [-0.2, 0) is 6.42 Å². The number of hydrogen-bond acceptors (Lipinski definition) is 3. The topological polar surface area (TPSA) is 48.4 Å². The molecule has 0 aliphatic heterocycles. The smallest absolute Gasteiger partial charge is 0.122 e. The van der Waals surface area contributed by atoms with Gasteiger partial charge in [0.2, 0.25) is 0 Å². The zero-order chi connectivity index (χ0) is 10.7. The molecule has 0 amide bonds. The molecule has 2 rings (SSSR count). The lowest BCUT2D eigenvalue weighted by Crippen LogP contribution is -2.01. The van der Waals surface area contributed by atoms with E-state index in [4.69, 9.17) is 14.9 Å². The number of methoxy groups -OCH3 is 1. The van der Waals surface area contributed by atoms with E-state index in [1.54, 1.807) is 19.6 Å². The highest BCUT2D eigenvalue weighted by molar-refractivity contribution is 5.83. The molecule has 0 atom stereocenters. The van der Waals surface area contributed by atoms with Crippen LogP contribution in [0.5, 0.6) is 5.75 Å². The van der Waals surface area contributed by atoms with E-state index in [-0.39, 0.29) is 0 Å². The van der Waals surface area contributed by atoms with Gasteiger partial charge in [0.05, 0.1) is 19.6 Å². The quantitative estimate of drug-likeness (QED) is 0.833. The Bertz CT molecular complexity index is 448. The minimum atomic E-state index is 0.701. The normalized spacial score (nSPS) is 10.8. The van der Waals surface area contributed by atoms with Gasteiger partial charge in [-0.2, -0.15) is 0 Å². The molecule has 2 N–H and O–H groups in total. The molecule has 0 unspecified atom stereocenters. The first-order valence-corrected chi connectivity index (χ1v) is 5.08. The summed E-state index contributed by atoms with van der Waals surface area (Å²) in [4.78, 5) is 0. The number of nitrogens with two attached hydrogens (primary N) is 1. The van der Waals surface area contributed by atoms with E-state index in [0.717, 1.165) is 29.4 Å². The first-order chi connectivity index (χ1) is 7.35. The maximum absolute atomic E-state index is 5.50. The van der Waals surface area contributed by atoms with Gasteiger partial charge in [0.1, 0.15) is 5.75 Å². The summed E-state index contributed by atoms with van der Waals surface area (Å²) >= 11 is 0. The van der Waals surface area contributed by atoms with E-state index >= 15 is 0 Å². The zero-order valence-corrected chi connectivity index (χ0v) is 8.82. The lowest BCUT2D eigenvalue weighted by atomic mass is 10.1. The Balaban J connectivity index is 2.40. The molecule has 80 valence electrons. The Hall–Kier alpha value is -1.48. The van der Waals surface area contributed by atoms with Crippen molar-refractivity contribution in [3.8, 4) is 5.75 Å². The number of rotatable bonds is 4. The highest BCUT2D eigenvalue weighted by Gasteiger charge is 2.06. The van der Waals surface area contributed by atoms with Crippen LogP contribution in [0.25, 0.3) is 10.8 Å². The molecule has 3 heteroatoms. The minimum Gasteiger partial charge on any atom is -0.496 e. The van der Waals surface area contributed by atoms with Gasteiger partial charge in [0.25, 0.3) is 0 Å². The third-order valence-electron chi connectivity index (χ3n) is 2.53. The molecule has 2 aromatic rings. The van der Waals surface area contributed by atoms with Crippen molar-refractivity contribution in [1.82, 2.24) is 0 Å². The van der Waals surface area contributed by atoms with Crippen LogP contribution in [-0.4, -0.2) is 13.7 Å². The van der Waals surface area contributed by atoms with Crippen LogP contribution in [0.2, 0.25) is 0 Å². The van der Waals surface area contributed by atoms with E-state index in [2.05, 4.69) is 6.07 Å². The van der Waals surface area contributed by atoms with Gasteiger partial charge in [0, 0.05) is 10.8 Å². The molecular weight excluding hydrogens is 190 g/mol. The molecule has 0 saturated heterocycles. The lowest BCUT2D eigenvalue weighted by Gasteiger charge is -2.07. The predicted octanol–water partition coefficient (Wildman–Crippen LogP) is 2.33. The van der Waals surface area contributed by atoms with Gasteiger partial charge < -0.3 is 14.9 Å². The van der Waals surface area contributed by atoms with Crippen molar-refractivity contribution in [3.63, 3.8) is 0 Å². The van der Waals surface area contributed by atoms with Gasteiger partial charge in [-0.15, -0.1) is 0 Å². The summed E-state index contributed by atoms with van der Waals surface area (Å²) in [5.74, 6) is 0.914. The Morgan fingerprint density at radius 1 is 1.27 bits per heavy atom. The number of ether oxygens (including phenoxy) is 1. The molecular formula is C12H15NO2. The monoisotopic (exact) mass is 205 g/mol. The standard InChI is InChI=1S/C12H15NO2/c1-14-12-6-11-8-15-7-10(11)5-9(12)3-2-4-13/h5-8H,2-4,13H2,1H3. The summed E-state index contributed by atoms with van der Waals surface area (Å²) in [6, 6.07) is 4.11. The van der Waals surface area contributed by atoms with Gasteiger partial charge in [0.15, 0.2) is 0 Å². The largest absolute Gasteiger partial charge is 0.496 e. The van der Waals surface area contributed by atoms with Crippen LogP contribution < -0.4 is 10.5 Å². The molecule has 3 nitrogen and oxygen atoms in total. The number of fused-ring (bicyclic) bond motifs is 1. The molecule has 0 radical (unpaired) electrons. The summed E-state index contributed by atoms with van der Waals surface area (Å²) in [7, 11) is 1.69. The van der Waals surface area contributed by atoms with Crippen LogP contribution in [0.1, 0.15) is 12.0 Å². The van der Waals surface area contributed by atoms with Crippen LogP contribution >= 0.6 is 0 Å². The summed E-state index contributed by atoms with van der Waals surface area (Å²) in [5.41, 5.74) is 6.69. The molecule has 0 aliphatic rings. The van der Waals surface area contributed by atoms with Gasteiger partial charge in [-0.05, 0) is 37.1 Å². The third-order valence-corrected chi connectivity index (χ3v) is 2.53. The van der Waals surface area contributed by atoms with Crippen LogP contribution in [0.15, 0.2) is 29.1 Å². The fourth-order valence-corrected chi connectivity index (χ4v) is 1.72. The molecule has 1 aromatic carbocycles. The van der Waals surface area contributed by atoms with E-state index < -0.39 is 0 Å². The lowest BCUT2D eigenvalue weighted by molar-refractivity contribution is 0.410. The fraction of sp³-hybridized carbons (Fsp3) is 0.333. The van der Waals surface area contributed by atoms with Crippen molar-refractivity contribution in [2.75, 3.05) is 13.7 Å². The Labute approximate surface area is 88.8 Å².